The summed E-state index contributed by atoms with van der Waals surface area (Å²) < 4.78 is 0. The van der Waals surface area contributed by atoms with Gasteiger partial charge in [-0.25, -0.2) is 0 Å². The monoisotopic (exact) mass is 178 g/mol. The summed E-state index contributed by atoms with van der Waals surface area (Å²) >= 11 is 0. The molecule has 0 aliphatic heterocycles. The summed E-state index contributed by atoms with van der Waals surface area (Å²) in [6, 6.07) is 0. The predicted molar refractivity (Wildman–Crippen MR) is 50.1 cm³/mol. The van der Waals surface area contributed by atoms with Crippen molar-refractivity contribution in [1.29, 1.82) is 0 Å². The lowest BCUT2D eigenvalue weighted by Crippen LogP contribution is -2.35. The first kappa shape index (κ1) is 14.4. The Morgan fingerprint density at radius 2 is 1.50 bits per heavy atom. The van der Waals surface area contributed by atoms with Crippen molar-refractivity contribution in [2.45, 2.75) is 33.2 Å². The Bertz CT molecular complexity index is 87.5. The van der Waals surface area contributed by atoms with E-state index in [1.165, 1.54) is 5.06 Å². The van der Waals surface area contributed by atoms with Crippen LogP contribution < -0.4 is 5.73 Å². The minimum atomic E-state index is -0.403. The van der Waals surface area contributed by atoms with Gasteiger partial charge in [0, 0.05) is 18.6 Å². The van der Waals surface area contributed by atoms with Crippen LogP contribution in [0.5, 0.6) is 0 Å². The van der Waals surface area contributed by atoms with Crippen molar-refractivity contribution in [2.75, 3.05) is 19.7 Å². The lowest BCUT2D eigenvalue weighted by Gasteiger charge is -2.12. The maximum atomic E-state index is 8.50. The number of nitrogens with two attached hydrogens (primary N) is 1. The molecule has 0 atom stereocenters. The molecule has 12 heavy (non-hydrogen) atoms. The van der Waals surface area contributed by atoms with Crippen LogP contribution in [0.2, 0.25) is 0 Å². The van der Waals surface area contributed by atoms with Gasteiger partial charge in [-0.1, -0.05) is 13.8 Å². The van der Waals surface area contributed by atoms with E-state index in [0.29, 0.717) is 0 Å². The Morgan fingerprint density at radius 3 is 1.50 bits per heavy atom. The van der Waals surface area contributed by atoms with E-state index >= 15 is 0 Å². The van der Waals surface area contributed by atoms with Crippen molar-refractivity contribution >= 4 is 0 Å². The second-order valence-corrected chi connectivity index (χ2v) is 3.29. The fraction of sp³-hybridized carbons (Fsp3) is 1.00. The van der Waals surface area contributed by atoms with Crippen molar-refractivity contribution in [2.24, 2.45) is 5.73 Å². The molecule has 0 aromatic rings. The first-order chi connectivity index (χ1) is 5.37. The van der Waals surface area contributed by atoms with Crippen molar-refractivity contribution in [3.63, 3.8) is 0 Å². The topological polar surface area (TPSA) is 69.7 Å². The normalized spacial score (nSPS) is 11.0. The quantitative estimate of drug-likeness (QED) is 0.548. The van der Waals surface area contributed by atoms with Crippen LogP contribution in [0.1, 0.15) is 27.7 Å². The van der Waals surface area contributed by atoms with E-state index in [1.54, 1.807) is 13.8 Å². The van der Waals surface area contributed by atoms with E-state index in [-0.39, 0.29) is 6.61 Å². The molecule has 0 heterocycles. The molecule has 0 aliphatic rings. The van der Waals surface area contributed by atoms with Crippen molar-refractivity contribution < 1.29 is 10.3 Å². The van der Waals surface area contributed by atoms with Gasteiger partial charge in [0.05, 0.1) is 6.61 Å². The third-order valence-electron chi connectivity index (χ3n) is 1.14. The average Bonchev–Trinajstić information content (AvgIpc) is 2.03. The van der Waals surface area contributed by atoms with Gasteiger partial charge in [-0.3, -0.25) is 0 Å². The maximum absolute atomic E-state index is 8.50. The van der Waals surface area contributed by atoms with Gasteiger partial charge < -0.3 is 16.0 Å². The highest BCUT2D eigenvalue weighted by Crippen LogP contribution is 1.89. The minimum absolute atomic E-state index is 0.0486. The largest absolute Gasteiger partial charge is 0.394 e. The second-order valence-electron chi connectivity index (χ2n) is 3.29. The zero-order chi connectivity index (χ0) is 10.2. The van der Waals surface area contributed by atoms with Gasteiger partial charge >= 0.3 is 0 Å². The highest BCUT2D eigenvalue weighted by molar-refractivity contribution is 4.67. The summed E-state index contributed by atoms with van der Waals surface area (Å²) in [6.07, 6.45) is 0. The molecule has 0 aromatic heterocycles. The average molecular weight is 178 g/mol. The van der Waals surface area contributed by atoms with Gasteiger partial charge in [-0.2, -0.15) is 5.06 Å². The van der Waals surface area contributed by atoms with E-state index in [4.69, 9.17) is 16.0 Å². The van der Waals surface area contributed by atoms with Crippen LogP contribution in [-0.4, -0.2) is 40.6 Å². The second kappa shape index (κ2) is 7.49. The van der Waals surface area contributed by atoms with Gasteiger partial charge in [0.25, 0.3) is 0 Å². The van der Waals surface area contributed by atoms with Gasteiger partial charge in [-0.15, -0.1) is 0 Å². The maximum Gasteiger partial charge on any atom is 0.0605 e. The Morgan fingerprint density at radius 1 is 1.25 bits per heavy atom. The molecule has 4 nitrogen and oxygen atoms in total. The summed E-state index contributed by atoms with van der Waals surface area (Å²) in [7, 11) is 0. The van der Waals surface area contributed by atoms with Crippen molar-refractivity contribution in [3.8, 4) is 0 Å². The molecule has 4 heteroatoms. The van der Waals surface area contributed by atoms with Crippen LogP contribution in [-0.2, 0) is 0 Å². The molecule has 0 radical (unpaired) electrons. The Labute approximate surface area is 74.9 Å². The Kier molecular flexibility index (Phi) is 8.97. The molecular formula is C8H22N2O2. The fourth-order valence-electron chi connectivity index (χ4n) is 0.224. The smallest absolute Gasteiger partial charge is 0.0605 e. The number of hydrogen-bond donors (Lipinski definition) is 3. The van der Waals surface area contributed by atoms with Gasteiger partial charge in [0.1, 0.15) is 0 Å². The molecule has 4 N–H and O–H groups in total. The highest BCUT2D eigenvalue weighted by Gasteiger charge is 2.05. The van der Waals surface area contributed by atoms with E-state index in [1.807, 2.05) is 13.8 Å². The van der Waals surface area contributed by atoms with Gasteiger partial charge in [0.15, 0.2) is 0 Å². The summed E-state index contributed by atoms with van der Waals surface area (Å²) in [5, 5.41) is 18.0. The van der Waals surface area contributed by atoms with Crippen LogP contribution in [0, 0.1) is 0 Å². The van der Waals surface area contributed by atoms with Crippen LogP contribution in [0.4, 0.5) is 0 Å². The summed E-state index contributed by atoms with van der Waals surface area (Å²) in [5.74, 6) is 0. The lowest BCUT2D eigenvalue weighted by molar-refractivity contribution is -0.0813. The molecule has 0 aliphatic carbocycles. The number of nitrogens with zero attached hydrogens (tertiary/aromatic N) is 1. The van der Waals surface area contributed by atoms with E-state index in [9.17, 15) is 0 Å². The fourth-order valence-corrected chi connectivity index (χ4v) is 0.224. The molecule has 0 rings (SSSR count). The Hall–Kier alpha value is -0.160. The van der Waals surface area contributed by atoms with Crippen LogP contribution in [0.15, 0.2) is 0 Å². The summed E-state index contributed by atoms with van der Waals surface area (Å²) in [6.45, 7) is 8.84. The van der Waals surface area contributed by atoms with Crippen LogP contribution in [0.3, 0.4) is 0 Å². The van der Waals surface area contributed by atoms with Gasteiger partial charge in [-0.05, 0) is 13.8 Å². The SMILES string of the molecule is CC(C)(N)CO.CCN(O)CC. The van der Waals surface area contributed by atoms with E-state index in [0.717, 1.165) is 13.1 Å². The molecule has 0 spiro atoms. The Balaban J connectivity index is 0. The molecule has 0 unspecified atom stereocenters. The molecule has 0 fully saturated rings. The third-order valence-corrected chi connectivity index (χ3v) is 1.14. The molecule has 0 amide bonds. The number of hydroxylamine groups is 2. The van der Waals surface area contributed by atoms with Gasteiger partial charge in [0.2, 0.25) is 0 Å². The third kappa shape index (κ3) is 16.4. The van der Waals surface area contributed by atoms with E-state index in [2.05, 4.69) is 0 Å². The first-order valence-electron chi connectivity index (χ1n) is 4.21. The number of hydrogen-bond acceptors (Lipinski definition) is 4. The molecule has 0 bridgehead atoms. The lowest BCUT2D eigenvalue weighted by atomic mass is 10.1. The van der Waals surface area contributed by atoms with Crippen molar-refractivity contribution in [1.82, 2.24) is 5.06 Å². The number of aliphatic hydroxyl groups is 1. The standard InChI is InChI=1S/2C4H11NO/c1-4(2,5)3-6;1-3-5(6)4-2/h6H,3,5H2,1-2H3;6H,3-4H2,1-2H3. The number of rotatable bonds is 3. The predicted octanol–water partition coefficient (Wildman–Crippen LogP) is 0.433. The first-order valence-corrected chi connectivity index (χ1v) is 4.21. The molecular weight excluding hydrogens is 156 g/mol. The molecule has 0 saturated carbocycles. The summed E-state index contributed by atoms with van der Waals surface area (Å²) in [4.78, 5) is 0. The van der Waals surface area contributed by atoms with Crippen LogP contribution >= 0.6 is 0 Å². The molecule has 76 valence electrons. The van der Waals surface area contributed by atoms with Crippen molar-refractivity contribution in [3.05, 3.63) is 0 Å². The highest BCUT2D eigenvalue weighted by atomic mass is 16.5. The number of aliphatic hydroxyl groups excluding tert-OH is 1. The zero-order valence-corrected chi connectivity index (χ0v) is 8.54. The zero-order valence-electron chi connectivity index (χ0n) is 8.54. The molecule has 0 aromatic carbocycles. The summed E-state index contributed by atoms with van der Waals surface area (Å²) in [5.41, 5.74) is 4.88. The minimum Gasteiger partial charge on any atom is -0.394 e. The van der Waals surface area contributed by atoms with E-state index < -0.39 is 5.54 Å². The van der Waals surface area contributed by atoms with Crippen LogP contribution in [0.25, 0.3) is 0 Å². The molecule has 0 saturated heterocycles.